The summed E-state index contributed by atoms with van der Waals surface area (Å²) in [6, 6.07) is 0. The summed E-state index contributed by atoms with van der Waals surface area (Å²) in [6.45, 7) is 7.67. The first-order chi connectivity index (χ1) is 7.33. The lowest BCUT2D eigenvalue weighted by Gasteiger charge is -2.42. The Morgan fingerprint density at radius 3 is 2.47 bits per heavy atom. The Morgan fingerprint density at radius 1 is 1.13 bits per heavy atom. The van der Waals surface area contributed by atoms with E-state index in [-0.39, 0.29) is 5.60 Å². The third-order valence-corrected chi connectivity index (χ3v) is 3.36. The molecule has 0 atom stereocenters. The molecule has 1 aliphatic carbocycles. The van der Waals surface area contributed by atoms with Crippen LogP contribution in [0.1, 0.15) is 58.8 Å². The van der Waals surface area contributed by atoms with Crippen molar-refractivity contribution >= 4 is 0 Å². The van der Waals surface area contributed by atoms with Gasteiger partial charge in [-0.3, -0.25) is 0 Å². The van der Waals surface area contributed by atoms with E-state index in [1.165, 1.54) is 44.9 Å². The standard InChI is InChI=1S/C13H27NO/c1-3-5-12-15-13(7-6-8-13)9-11-14-10-4-2/h14H,3-12H2,1-2H3. The van der Waals surface area contributed by atoms with Crippen molar-refractivity contribution in [1.29, 1.82) is 0 Å². The number of nitrogens with one attached hydrogen (secondary N) is 1. The summed E-state index contributed by atoms with van der Waals surface area (Å²) in [6.07, 6.45) is 8.81. The van der Waals surface area contributed by atoms with Crippen molar-refractivity contribution in [2.45, 2.75) is 64.4 Å². The van der Waals surface area contributed by atoms with Crippen molar-refractivity contribution in [2.24, 2.45) is 0 Å². The lowest BCUT2D eigenvalue weighted by atomic mass is 9.77. The van der Waals surface area contributed by atoms with Crippen LogP contribution in [0.3, 0.4) is 0 Å². The first kappa shape index (κ1) is 13.0. The first-order valence-corrected chi connectivity index (χ1v) is 6.67. The molecule has 0 aliphatic heterocycles. The molecule has 0 saturated heterocycles. The fraction of sp³-hybridized carbons (Fsp3) is 1.00. The molecule has 0 aromatic heterocycles. The Morgan fingerprint density at radius 2 is 1.93 bits per heavy atom. The summed E-state index contributed by atoms with van der Waals surface area (Å²) in [4.78, 5) is 0. The molecule has 1 N–H and O–H groups in total. The van der Waals surface area contributed by atoms with Crippen LogP contribution in [0.15, 0.2) is 0 Å². The van der Waals surface area contributed by atoms with Gasteiger partial charge in [-0.25, -0.2) is 0 Å². The van der Waals surface area contributed by atoms with E-state index < -0.39 is 0 Å². The maximum Gasteiger partial charge on any atom is 0.0694 e. The molecule has 90 valence electrons. The van der Waals surface area contributed by atoms with Gasteiger partial charge in [0.1, 0.15) is 0 Å². The minimum atomic E-state index is 0.260. The molecular formula is C13H27NO. The van der Waals surface area contributed by atoms with E-state index in [4.69, 9.17) is 4.74 Å². The van der Waals surface area contributed by atoms with Crippen LogP contribution in [0.5, 0.6) is 0 Å². The molecule has 2 nitrogen and oxygen atoms in total. The predicted molar refractivity (Wildman–Crippen MR) is 65.2 cm³/mol. The van der Waals surface area contributed by atoms with Crippen LogP contribution >= 0.6 is 0 Å². The van der Waals surface area contributed by atoms with Crippen LogP contribution < -0.4 is 5.32 Å². The van der Waals surface area contributed by atoms with Gasteiger partial charge >= 0.3 is 0 Å². The lowest BCUT2D eigenvalue weighted by molar-refractivity contribution is -0.105. The molecule has 2 heteroatoms. The number of unbranched alkanes of at least 4 members (excludes halogenated alkanes) is 1. The molecule has 15 heavy (non-hydrogen) atoms. The fourth-order valence-corrected chi connectivity index (χ4v) is 2.09. The Labute approximate surface area is 94.8 Å². The van der Waals surface area contributed by atoms with Gasteiger partial charge in [0.25, 0.3) is 0 Å². The number of hydrogen-bond acceptors (Lipinski definition) is 2. The van der Waals surface area contributed by atoms with Crippen molar-refractivity contribution in [3.63, 3.8) is 0 Å². The van der Waals surface area contributed by atoms with Crippen molar-refractivity contribution in [3.8, 4) is 0 Å². The van der Waals surface area contributed by atoms with Gasteiger partial charge < -0.3 is 10.1 Å². The highest BCUT2D eigenvalue weighted by atomic mass is 16.5. The molecule has 0 aromatic carbocycles. The lowest BCUT2D eigenvalue weighted by Crippen LogP contribution is -2.43. The molecule has 1 rings (SSSR count). The van der Waals surface area contributed by atoms with E-state index in [0.717, 1.165) is 19.7 Å². The zero-order valence-electron chi connectivity index (χ0n) is 10.5. The Balaban J connectivity index is 2.09. The normalized spacial score (nSPS) is 18.8. The number of hydrogen-bond donors (Lipinski definition) is 1. The zero-order chi connectivity index (χ0) is 11.0. The Kier molecular flexibility index (Phi) is 6.26. The molecule has 0 spiro atoms. The maximum atomic E-state index is 6.05. The minimum absolute atomic E-state index is 0.260. The van der Waals surface area contributed by atoms with Crippen molar-refractivity contribution < 1.29 is 4.74 Å². The molecule has 1 saturated carbocycles. The summed E-state index contributed by atoms with van der Waals surface area (Å²) >= 11 is 0. The topological polar surface area (TPSA) is 21.3 Å². The second kappa shape index (κ2) is 7.24. The second-order valence-corrected chi connectivity index (χ2v) is 4.74. The molecule has 0 radical (unpaired) electrons. The molecule has 0 heterocycles. The van der Waals surface area contributed by atoms with Crippen LogP contribution in [-0.4, -0.2) is 25.3 Å². The quantitative estimate of drug-likeness (QED) is 0.594. The SMILES string of the molecule is CCCCOC1(CCNCCC)CCC1. The molecule has 0 unspecified atom stereocenters. The van der Waals surface area contributed by atoms with Gasteiger partial charge in [-0.1, -0.05) is 20.3 Å². The predicted octanol–water partition coefficient (Wildman–Crippen LogP) is 3.12. The van der Waals surface area contributed by atoms with Crippen molar-refractivity contribution in [2.75, 3.05) is 19.7 Å². The third-order valence-electron chi connectivity index (χ3n) is 3.36. The van der Waals surface area contributed by atoms with Crippen LogP contribution in [-0.2, 0) is 4.74 Å². The number of ether oxygens (including phenoxy) is 1. The highest BCUT2D eigenvalue weighted by Crippen LogP contribution is 2.38. The average Bonchev–Trinajstić information content (AvgIpc) is 2.19. The van der Waals surface area contributed by atoms with Crippen LogP contribution in [0.4, 0.5) is 0 Å². The van der Waals surface area contributed by atoms with Gasteiger partial charge in [-0.15, -0.1) is 0 Å². The van der Waals surface area contributed by atoms with Gasteiger partial charge in [0.2, 0.25) is 0 Å². The molecule has 0 bridgehead atoms. The summed E-state index contributed by atoms with van der Waals surface area (Å²) in [5, 5.41) is 3.47. The maximum absolute atomic E-state index is 6.05. The third kappa shape index (κ3) is 4.52. The van der Waals surface area contributed by atoms with E-state index in [9.17, 15) is 0 Å². The van der Waals surface area contributed by atoms with Crippen molar-refractivity contribution in [1.82, 2.24) is 5.32 Å². The molecular weight excluding hydrogens is 186 g/mol. The molecule has 0 aromatic rings. The molecule has 1 aliphatic rings. The van der Waals surface area contributed by atoms with Gasteiger partial charge in [-0.05, 0) is 51.6 Å². The highest BCUT2D eigenvalue weighted by Gasteiger charge is 2.36. The molecule has 0 amide bonds. The molecule has 1 fully saturated rings. The van der Waals surface area contributed by atoms with E-state index >= 15 is 0 Å². The van der Waals surface area contributed by atoms with E-state index in [1.54, 1.807) is 0 Å². The van der Waals surface area contributed by atoms with Gasteiger partial charge in [0.15, 0.2) is 0 Å². The van der Waals surface area contributed by atoms with Gasteiger partial charge in [0.05, 0.1) is 5.60 Å². The minimum Gasteiger partial charge on any atom is -0.375 e. The van der Waals surface area contributed by atoms with Crippen LogP contribution in [0.2, 0.25) is 0 Å². The van der Waals surface area contributed by atoms with E-state index in [2.05, 4.69) is 19.2 Å². The number of rotatable bonds is 9. The van der Waals surface area contributed by atoms with Crippen LogP contribution in [0.25, 0.3) is 0 Å². The second-order valence-electron chi connectivity index (χ2n) is 4.74. The van der Waals surface area contributed by atoms with Crippen LogP contribution in [0, 0.1) is 0 Å². The smallest absolute Gasteiger partial charge is 0.0694 e. The summed E-state index contributed by atoms with van der Waals surface area (Å²) in [5.74, 6) is 0. The monoisotopic (exact) mass is 213 g/mol. The largest absolute Gasteiger partial charge is 0.375 e. The van der Waals surface area contributed by atoms with E-state index in [0.29, 0.717) is 0 Å². The average molecular weight is 213 g/mol. The summed E-state index contributed by atoms with van der Waals surface area (Å²) in [5.41, 5.74) is 0.260. The highest BCUT2D eigenvalue weighted by molar-refractivity contribution is 4.90. The van der Waals surface area contributed by atoms with E-state index in [1.807, 2.05) is 0 Å². The summed E-state index contributed by atoms with van der Waals surface area (Å²) < 4.78 is 6.05. The fourth-order valence-electron chi connectivity index (χ4n) is 2.09. The zero-order valence-corrected chi connectivity index (χ0v) is 10.5. The van der Waals surface area contributed by atoms with Gasteiger partial charge in [-0.2, -0.15) is 0 Å². The van der Waals surface area contributed by atoms with Crippen molar-refractivity contribution in [3.05, 3.63) is 0 Å². The Hall–Kier alpha value is -0.0800. The first-order valence-electron chi connectivity index (χ1n) is 6.67. The Bertz CT molecular complexity index is 155. The van der Waals surface area contributed by atoms with Gasteiger partial charge in [0, 0.05) is 6.61 Å². The summed E-state index contributed by atoms with van der Waals surface area (Å²) in [7, 11) is 0.